The number of carbonyl (C=O) groups is 1. The molecule has 2 aromatic carbocycles. The van der Waals surface area contributed by atoms with Crippen LogP contribution < -0.4 is 10.1 Å². The van der Waals surface area contributed by atoms with Crippen LogP contribution in [0, 0.1) is 5.82 Å². The van der Waals surface area contributed by atoms with Gasteiger partial charge in [0.05, 0.1) is 20.1 Å². The number of halogens is 1. The summed E-state index contributed by atoms with van der Waals surface area (Å²) < 4.78 is 20.4. The quantitative estimate of drug-likeness (QED) is 0.750. The number of hydrogen-bond donors (Lipinski definition) is 1. The predicted molar refractivity (Wildman–Crippen MR) is 93.1 cm³/mol. The van der Waals surface area contributed by atoms with Crippen LogP contribution in [0.15, 0.2) is 60.9 Å². The molecular formula is C19H18FN3O2. The number of nitrogens with one attached hydrogen (secondary N) is 1. The molecule has 0 spiro atoms. The number of benzene rings is 2. The van der Waals surface area contributed by atoms with E-state index >= 15 is 0 Å². The monoisotopic (exact) mass is 339 g/mol. The van der Waals surface area contributed by atoms with Crippen molar-refractivity contribution in [2.24, 2.45) is 0 Å². The van der Waals surface area contributed by atoms with Crippen LogP contribution in [0.5, 0.6) is 5.75 Å². The van der Waals surface area contributed by atoms with E-state index in [0.29, 0.717) is 17.8 Å². The normalized spacial score (nSPS) is 10.5. The molecule has 0 atom stereocenters. The minimum atomic E-state index is -0.476. The average Bonchev–Trinajstić information content (AvgIpc) is 3.10. The lowest BCUT2D eigenvalue weighted by Gasteiger charge is -2.08. The first-order valence-electron chi connectivity index (χ1n) is 7.82. The number of hydrogen-bond acceptors (Lipinski definition) is 3. The number of rotatable bonds is 6. The second kappa shape index (κ2) is 7.61. The van der Waals surface area contributed by atoms with Crippen molar-refractivity contribution in [2.75, 3.05) is 12.4 Å². The Hall–Kier alpha value is -3.15. The molecule has 1 amide bonds. The van der Waals surface area contributed by atoms with Crippen LogP contribution in [-0.4, -0.2) is 22.8 Å². The van der Waals surface area contributed by atoms with E-state index < -0.39 is 5.82 Å². The molecule has 128 valence electrons. The maximum absolute atomic E-state index is 13.7. The smallest absolute Gasteiger partial charge is 0.228 e. The van der Waals surface area contributed by atoms with Gasteiger partial charge in [-0.15, -0.1) is 0 Å². The third-order valence-electron chi connectivity index (χ3n) is 3.72. The number of nitrogens with zero attached hydrogens (tertiary/aromatic N) is 2. The summed E-state index contributed by atoms with van der Waals surface area (Å²) in [5.41, 5.74) is 2.37. The van der Waals surface area contributed by atoms with E-state index in [1.807, 2.05) is 41.2 Å². The first-order chi connectivity index (χ1) is 12.1. The maximum Gasteiger partial charge on any atom is 0.228 e. The molecule has 3 rings (SSSR count). The zero-order valence-corrected chi connectivity index (χ0v) is 13.8. The van der Waals surface area contributed by atoms with Crippen molar-refractivity contribution in [3.8, 4) is 5.75 Å². The van der Waals surface area contributed by atoms with E-state index in [1.165, 1.54) is 19.2 Å². The molecule has 0 saturated heterocycles. The van der Waals surface area contributed by atoms with Crippen molar-refractivity contribution < 1.29 is 13.9 Å². The summed E-state index contributed by atoms with van der Waals surface area (Å²) in [6.07, 6.45) is 3.72. The van der Waals surface area contributed by atoms with Crippen LogP contribution >= 0.6 is 0 Å². The first kappa shape index (κ1) is 16.7. The molecule has 0 unspecified atom stereocenters. The SMILES string of the molecule is COc1ccc(CC(=O)Nc2ccc(Cn3cccn3)cc2)cc1F. The molecule has 0 saturated carbocycles. The van der Waals surface area contributed by atoms with E-state index in [4.69, 9.17) is 4.74 Å². The zero-order valence-electron chi connectivity index (χ0n) is 13.8. The van der Waals surface area contributed by atoms with Gasteiger partial charge in [-0.25, -0.2) is 4.39 Å². The standard InChI is InChI=1S/C19H18FN3O2/c1-25-18-8-5-15(11-17(18)20)12-19(24)22-16-6-3-14(4-7-16)13-23-10-2-9-21-23/h2-11H,12-13H2,1H3,(H,22,24). The fourth-order valence-corrected chi connectivity index (χ4v) is 2.48. The third-order valence-corrected chi connectivity index (χ3v) is 3.72. The minimum absolute atomic E-state index is 0.0932. The average molecular weight is 339 g/mol. The van der Waals surface area contributed by atoms with Crippen LogP contribution in [0.3, 0.4) is 0 Å². The molecule has 0 fully saturated rings. The maximum atomic E-state index is 13.7. The molecule has 0 bridgehead atoms. The molecule has 0 aliphatic carbocycles. The summed E-state index contributed by atoms with van der Waals surface area (Å²) in [4.78, 5) is 12.1. The molecule has 6 heteroatoms. The number of amides is 1. The molecule has 25 heavy (non-hydrogen) atoms. The Morgan fingerprint density at radius 2 is 1.96 bits per heavy atom. The molecule has 1 heterocycles. The van der Waals surface area contributed by atoms with E-state index in [9.17, 15) is 9.18 Å². The lowest BCUT2D eigenvalue weighted by atomic mass is 10.1. The van der Waals surface area contributed by atoms with Crippen molar-refractivity contribution in [1.29, 1.82) is 0 Å². The van der Waals surface area contributed by atoms with Crippen LogP contribution in [0.2, 0.25) is 0 Å². The van der Waals surface area contributed by atoms with Crippen molar-refractivity contribution in [3.63, 3.8) is 0 Å². The molecule has 1 aromatic heterocycles. The van der Waals surface area contributed by atoms with Gasteiger partial charge in [-0.1, -0.05) is 18.2 Å². The van der Waals surface area contributed by atoms with Gasteiger partial charge in [0.2, 0.25) is 5.91 Å². The second-order valence-corrected chi connectivity index (χ2v) is 5.59. The van der Waals surface area contributed by atoms with Gasteiger partial charge < -0.3 is 10.1 Å². The van der Waals surface area contributed by atoms with Crippen LogP contribution in [0.4, 0.5) is 10.1 Å². The number of carbonyl (C=O) groups excluding carboxylic acids is 1. The Labute approximate surface area is 145 Å². The van der Waals surface area contributed by atoms with Gasteiger partial charge in [0, 0.05) is 18.1 Å². The van der Waals surface area contributed by atoms with E-state index in [-0.39, 0.29) is 18.1 Å². The summed E-state index contributed by atoms with van der Waals surface area (Å²) in [5, 5.41) is 6.97. The van der Waals surface area contributed by atoms with E-state index in [0.717, 1.165) is 5.56 Å². The summed E-state index contributed by atoms with van der Waals surface area (Å²) >= 11 is 0. The highest BCUT2D eigenvalue weighted by atomic mass is 19.1. The summed E-state index contributed by atoms with van der Waals surface area (Å²) in [7, 11) is 1.40. The van der Waals surface area contributed by atoms with Gasteiger partial charge in [0.1, 0.15) is 0 Å². The third kappa shape index (κ3) is 4.44. The Morgan fingerprint density at radius 3 is 2.60 bits per heavy atom. The lowest BCUT2D eigenvalue weighted by molar-refractivity contribution is -0.115. The summed E-state index contributed by atoms with van der Waals surface area (Å²) in [6.45, 7) is 0.673. The van der Waals surface area contributed by atoms with Gasteiger partial charge in [-0.3, -0.25) is 9.48 Å². The molecule has 0 aliphatic heterocycles. The molecule has 3 aromatic rings. The topological polar surface area (TPSA) is 56.1 Å². The Bertz CT molecular complexity index is 846. The molecule has 5 nitrogen and oxygen atoms in total. The highest BCUT2D eigenvalue weighted by molar-refractivity contribution is 5.92. The van der Waals surface area contributed by atoms with E-state index in [1.54, 1.807) is 12.3 Å². The fraction of sp³-hybridized carbons (Fsp3) is 0.158. The summed E-state index contributed by atoms with van der Waals surface area (Å²) in [5.74, 6) is -0.517. The van der Waals surface area contributed by atoms with Crippen molar-refractivity contribution in [1.82, 2.24) is 9.78 Å². The first-order valence-corrected chi connectivity index (χ1v) is 7.82. The van der Waals surface area contributed by atoms with Gasteiger partial charge >= 0.3 is 0 Å². The Kier molecular flexibility index (Phi) is 5.09. The number of methoxy groups -OCH3 is 1. The molecule has 0 radical (unpaired) electrons. The van der Waals surface area contributed by atoms with Gasteiger partial charge in [-0.05, 0) is 41.5 Å². The molecule has 1 N–H and O–H groups in total. The zero-order chi connectivity index (χ0) is 17.6. The summed E-state index contributed by atoms with van der Waals surface area (Å²) in [6, 6.07) is 13.9. The highest BCUT2D eigenvalue weighted by Crippen LogP contribution is 2.18. The highest BCUT2D eigenvalue weighted by Gasteiger charge is 2.08. The van der Waals surface area contributed by atoms with Crippen molar-refractivity contribution in [2.45, 2.75) is 13.0 Å². The number of anilines is 1. The van der Waals surface area contributed by atoms with E-state index in [2.05, 4.69) is 10.4 Å². The minimum Gasteiger partial charge on any atom is -0.494 e. The van der Waals surface area contributed by atoms with Crippen LogP contribution in [0.1, 0.15) is 11.1 Å². The second-order valence-electron chi connectivity index (χ2n) is 5.59. The van der Waals surface area contributed by atoms with Crippen molar-refractivity contribution in [3.05, 3.63) is 77.9 Å². The number of aromatic nitrogens is 2. The Morgan fingerprint density at radius 1 is 1.20 bits per heavy atom. The molecule has 0 aliphatic rings. The predicted octanol–water partition coefficient (Wildman–Crippen LogP) is 3.26. The lowest BCUT2D eigenvalue weighted by Crippen LogP contribution is -2.14. The van der Waals surface area contributed by atoms with Gasteiger partial charge in [-0.2, -0.15) is 5.10 Å². The van der Waals surface area contributed by atoms with Gasteiger partial charge in [0.25, 0.3) is 0 Å². The number of ether oxygens (including phenoxy) is 1. The molecular weight excluding hydrogens is 321 g/mol. The largest absolute Gasteiger partial charge is 0.494 e. The van der Waals surface area contributed by atoms with Gasteiger partial charge in [0.15, 0.2) is 11.6 Å². The Balaban J connectivity index is 1.58. The van der Waals surface area contributed by atoms with Crippen LogP contribution in [0.25, 0.3) is 0 Å². The fourth-order valence-electron chi connectivity index (χ4n) is 2.48. The van der Waals surface area contributed by atoms with Crippen LogP contribution in [-0.2, 0) is 17.8 Å². The van der Waals surface area contributed by atoms with Crippen molar-refractivity contribution >= 4 is 11.6 Å².